The average Bonchev–Trinajstić information content (AvgIpc) is 3.74. The van der Waals surface area contributed by atoms with E-state index in [1.54, 1.807) is 23.7 Å². The molecule has 0 fully saturated rings. The minimum Gasteiger partial charge on any atom is -0.499 e. The summed E-state index contributed by atoms with van der Waals surface area (Å²) >= 11 is 1.68. The second-order valence-electron chi connectivity index (χ2n) is 12.7. The van der Waals surface area contributed by atoms with Crippen molar-refractivity contribution in [1.29, 1.82) is 0 Å². The molecule has 0 saturated carbocycles. The van der Waals surface area contributed by atoms with Crippen LogP contribution in [0, 0.1) is 31.4 Å². The number of hydrogen-bond acceptors (Lipinski definition) is 4. The topological polar surface area (TPSA) is 38.9 Å². The molecule has 0 aliphatic heterocycles. The van der Waals surface area contributed by atoms with Crippen LogP contribution in [0.25, 0.3) is 65.7 Å². The van der Waals surface area contributed by atoms with Crippen molar-refractivity contribution in [2.24, 2.45) is 5.41 Å². The third-order valence-corrected chi connectivity index (χ3v) is 9.02. The van der Waals surface area contributed by atoms with Crippen LogP contribution in [0.3, 0.4) is 0 Å². The molecular weight excluding hydrogens is 785 g/mol. The molecule has 0 amide bonds. The fourth-order valence-electron chi connectivity index (χ4n) is 6.03. The minimum atomic E-state index is -1.59. The van der Waals surface area contributed by atoms with Crippen LogP contribution in [0.4, 0.5) is 0 Å². The van der Waals surface area contributed by atoms with Crippen molar-refractivity contribution >= 4 is 43.4 Å². The Labute approximate surface area is 302 Å². The fraction of sp³-hybridized carbons (Fsp3) is 0.163. The number of aryl methyl sites for hydroxylation is 2. The Balaban J connectivity index is 0.000000281. The Morgan fingerprint density at radius 3 is 2.31 bits per heavy atom. The van der Waals surface area contributed by atoms with E-state index in [0.717, 1.165) is 71.4 Å². The number of thiophene rings is 1. The maximum atomic E-state index is 9.09. The zero-order valence-electron chi connectivity index (χ0n) is 29.5. The van der Waals surface area contributed by atoms with Gasteiger partial charge in [0.25, 0.3) is 0 Å². The standard InChI is InChI=1S/C32H28NOS.C11H8N.Ir/c1-19-8-6-9-20(2)28(19)26-16-27(33-18-22(26)17-32(3,4)5)25-11-7-10-23-24-13-12-21-14-15-35-31(21)30(24)34-29(23)25;1-2-6-10(7-3-1)11-8-4-5-9-12-11;/h6-10,12-16,18H,17H2,1-5H3;1-6,8-9H;/q2*-1;/i17D2;;. The molecule has 0 aliphatic carbocycles. The molecule has 241 valence electrons. The van der Waals surface area contributed by atoms with E-state index in [9.17, 15) is 0 Å². The molecule has 5 heteroatoms. The third kappa shape index (κ3) is 6.77. The van der Waals surface area contributed by atoms with Crippen LogP contribution in [0.2, 0.25) is 0 Å². The van der Waals surface area contributed by atoms with E-state index >= 15 is 0 Å². The normalized spacial score (nSPS) is 12.3. The maximum absolute atomic E-state index is 9.09. The molecule has 0 aliphatic rings. The summed E-state index contributed by atoms with van der Waals surface area (Å²) in [6.45, 7) is 9.96. The van der Waals surface area contributed by atoms with Crippen molar-refractivity contribution in [3.8, 4) is 33.6 Å². The van der Waals surface area contributed by atoms with Crippen LogP contribution in [-0.2, 0) is 26.5 Å². The molecule has 1 radical (unpaired) electrons. The number of rotatable bonds is 4. The predicted molar refractivity (Wildman–Crippen MR) is 198 cm³/mol. The molecule has 8 aromatic rings. The van der Waals surface area contributed by atoms with Gasteiger partial charge in [-0.1, -0.05) is 80.3 Å². The van der Waals surface area contributed by atoms with Gasteiger partial charge in [-0.2, -0.15) is 0 Å². The number of furan rings is 1. The van der Waals surface area contributed by atoms with Crippen molar-refractivity contribution in [1.82, 2.24) is 9.97 Å². The van der Waals surface area contributed by atoms with E-state index in [-0.39, 0.29) is 20.1 Å². The molecule has 4 aromatic carbocycles. The van der Waals surface area contributed by atoms with E-state index in [4.69, 9.17) is 12.1 Å². The first-order valence-corrected chi connectivity index (χ1v) is 16.6. The number of aromatic nitrogens is 2. The van der Waals surface area contributed by atoms with E-state index < -0.39 is 11.8 Å². The fourth-order valence-corrected chi connectivity index (χ4v) is 6.91. The van der Waals surface area contributed by atoms with Crippen LogP contribution in [0.5, 0.6) is 0 Å². The summed E-state index contributed by atoms with van der Waals surface area (Å²) in [4.78, 5) is 9.04. The van der Waals surface area contributed by atoms with Crippen LogP contribution >= 0.6 is 11.3 Å². The van der Waals surface area contributed by atoms with Gasteiger partial charge in [0.2, 0.25) is 0 Å². The second-order valence-corrected chi connectivity index (χ2v) is 13.6. The van der Waals surface area contributed by atoms with Crippen LogP contribution < -0.4 is 0 Å². The quantitative estimate of drug-likeness (QED) is 0.166. The predicted octanol–water partition coefficient (Wildman–Crippen LogP) is 12.1. The first kappa shape index (κ1) is 30.9. The molecule has 0 unspecified atom stereocenters. The number of pyridine rings is 2. The van der Waals surface area contributed by atoms with Crippen molar-refractivity contribution in [2.75, 3.05) is 0 Å². The monoisotopic (exact) mass is 823 g/mol. The molecule has 0 spiro atoms. The average molecular weight is 823 g/mol. The summed E-state index contributed by atoms with van der Waals surface area (Å²) in [6, 6.07) is 38.8. The van der Waals surface area contributed by atoms with Gasteiger partial charge in [-0.3, -0.25) is 0 Å². The summed E-state index contributed by atoms with van der Waals surface area (Å²) in [6.07, 6.45) is 1.91. The van der Waals surface area contributed by atoms with Crippen molar-refractivity contribution in [3.05, 3.63) is 144 Å². The Morgan fingerprint density at radius 1 is 0.792 bits per heavy atom. The molecule has 0 bridgehead atoms. The molecule has 0 atom stereocenters. The summed E-state index contributed by atoms with van der Waals surface area (Å²) < 4.78 is 25.8. The maximum Gasteiger partial charge on any atom is 0.138 e. The molecule has 8 rings (SSSR count). The summed E-state index contributed by atoms with van der Waals surface area (Å²) in [5.41, 5.74) is 9.26. The van der Waals surface area contributed by atoms with Crippen molar-refractivity contribution in [2.45, 2.75) is 41.0 Å². The van der Waals surface area contributed by atoms with E-state index in [1.165, 1.54) is 5.39 Å². The van der Waals surface area contributed by atoms with Gasteiger partial charge in [-0.25, -0.2) is 0 Å². The molecule has 0 saturated heterocycles. The third-order valence-electron chi connectivity index (χ3n) is 8.09. The summed E-state index contributed by atoms with van der Waals surface area (Å²) in [7, 11) is 0. The Kier molecular flexibility index (Phi) is 9.00. The van der Waals surface area contributed by atoms with Gasteiger partial charge >= 0.3 is 0 Å². The Bertz CT molecular complexity index is 2370. The smallest absolute Gasteiger partial charge is 0.138 e. The van der Waals surface area contributed by atoms with E-state index in [1.807, 2.05) is 87.5 Å². The van der Waals surface area contributed by atoms with Gasteiger partial charge in [-0.15, -0.1) is 65.4 Å². The van der Waals surface area contributed by atoms with Gasteiger partial charge in [0, 0.05) is 40.6 Å². The van der Waals surface area contributed by atoms with Crippen LogP contribution in [-0.4, -0.2) is 9.97 Å². The Morgan fingerprint density at radius 2 is 1.58 bits per heavy atom. The molecule has 4 aromatic heterocycles. The van der Waals surface area contributed by atoms with E-state index in [0.29, 0.717) is 5.56 Å². The van der Waals surface area contributed by atoms with Crippen LogP contribution in [0.15, 0.2) is 119 Å². The summed E-state index contributed by atoms with van der Waals surface area (Å²) in [5, 5.41) is 5.37. The minimum absolute atomic E-state index is 0. The molecule has 3 nitrogen and oxygen atoms in total. The second kappa shape index (κ2) is 14.0. The summed E-state index contributed by atoms with van der Waals surface area (Å²) in [5.74, 6) is 0. The number of benzene rings is 4. The first-order valence-electron chi connectivity index (χ1n) is 16.7. The molecular formula is C43H36IrN2OS-2. The zero-order chi connectivity index (χ0) is 34.3. The zero-order valence-corrected chi connectivity index (χ0v) is 30.7. The first-order chi connectivity index (χ1) is 23.5. The molecule has 4 heterocycles. The van der Waals surface area contributed by atoms with Gasteiger partial charge in [0.1, 0.15) is 5.58 Å². The van der Waals surface area contributed by atoms with Crippen molar-refractivity contribution < 1.29 is 27.3 Å². The SMILES string of the molecule is [2H]C([2H])(c1cnc(-c2[c-]ccc3c2oc2c3ccc3ccsc32)cc1-c1c(C)cccc1C)C(C)(C)C.[Ir].[c-]1ccccc1-c1ccccn1. The van der Waals surface area contributed by atoms with Gasteiger partial charge < -0.3 is 14.4 Å². The van der Waals surface area contributed by atoms with Gasteiger partial charge in [-0.05, 0) is 87.7 Å². The Hall–Kier alpha value is -4.41. The number of hydrogen-bond donors (Lipinski definition) is 0. The van der Waals surface area contributed by atoms with Crippen LogP contribution in [0.1, 0.15) is 40.2 Å². The van der Waals surface area contributed by atoms with E-state index in [2.05, 4.69) is 66.7 Å². The largest absolute Gasteiger partial charge is 0.499 e. The number of nitrogens with zero attached hydrogens (tertiary/aromatic N) is 2. The molecule has 48 heavy (non-hydrogen) atoms. The van der Waals surface area contributed by atoms with Gasteiger partial charge in [0.15, 0.2) is 0 Å². The molecule has 0 N–H and O–H groups in total. The van der Waals surface area contributed by atoms with Gasteiger partial charge in [0.05, 0.1) is 10.3 Å². The van der Waals surface area contributed by atoms with Crippen molar-refractivity contribution in [3.63, 3.8) is 0 Å². The number of fused-ring (bicyclic) bond motifs is 5.